The van der Waals surface area contributed by atoms with E-state index in [4.69, 9.17) is 9.26 Å². The second kappa shape index (κ2) is 11.0. The Labute approximate surface area is 207 Å². The van der Waals surface area contributed by atoms with Gasteiger partial charge in [-0.1, -0.05) is 48.2 Å². The summed E-state index contributed by atoms with van der Waals surface area (Å²) >= 11 is 1.16. The molecule has 4 rings (SSSR count). The van der Waals surface area contributed by atoms with Gasteiger partial charge in [-0.25, -0.2) is 4.99 Å². The van der Waals surface area contributed by atoms with E-state index in [0.717, 1.165) is 17.3 Å². The average Bonchev–Trinajstić information content (AvgIpc) is 3.44. The first-order chi connectivity index (χ1) is 17.0. The Bertz CT molecular complexity index is 1270. The molecule has 0 atom stereocenters. The molecule has 0 radical (unpaired) electrons. The summed E-state index contributed by atoms with van der Waals surface area (Å²) in [5.41, 5.74) is 1.68. The highest BCUT2D eigenvalue weighted by molar-refractivity contribution is 8.14. The van der Waals surface area contributed by atoms with E-state index in [-0.39, 0.29) is 35.2 Å². The monoisotopic (exact) mass is 492 g/mol. The number of rotatable bonds is 8. The number of hydrogen-bond donors (Lipinski definition) is 1. The Hall–Kier alpha value is -3.92. The van der Waals surface area contributed by atoms with Gasteiger partial charge in [0.2, 0.25) is 11.2 Å². The first-order valence-corrected chi connectivity index (χ1v) is 12.2. The Kier molecular flexibility index (Phi) is 7.61. The standard InChI is InChI=1S/C25H25N5O4S/c1-4-33-21-13-9-8-10-18(21)14-20-24(32)30(19-11-6-5-7-12-19)25(26-20)35-16-22(31)27-23-15-29(17(2)3)28-34-23/h5-15,17H,4,16H2,1-3H3/p+1/b20-14+. The molecule has 1 aromatic heterocycles. The third-order valence-corrected chi connectivity index (χ3v) is 5.90. The molecule has 0 aliphatic carbocycles. The van der Waals surface area contributed by atoms with Crippen molar-refractivity contribution in [3.05, 3.63) is 72.1 Å². The first-order valence-electron chi connectivity index (χ1n) is 11.2. The zero-order valence-corrected chi connectivity index (χ0v) is 20.5. The van der Waals surface area contributed by atoms with Crippen LogP contribution < -0.4 is 19.6 Å². The number of benzene rings is 2. The van der Waals surface area contributed by atoms with Crippen LogP contribution in [0.3, 0.4) is 0 Å². The molecule has 0 spiro atoms. The lowest BCUT2D eigenvalue weighted by Gasteiger charge is -2.17. The second-order valence-corrected chi connectivity index (χ2v) is 8.79. The van der Waals surface area contributed by atoms with Gasteiger partial charge in [-0.05, 0) is 49.7 Å². The number of amides is 2. The normalized spacial score (nSPS) is 14.5. The van der Waals surface area contributed by atoms with E-state index < -0.39 is 0 Å². The van der Waals surface area contributed by atoms with Crippen molar-refractivity contribution in [3.63, 3.8) is 0 Å². The van der Waals surface area contributed by atoms with E-state index >= 15 is 0 Å². The molecule has 35 heavy (non-hydrogen) atoms. The summed E-state index contributed by atoms with van der Waals surface area (Å²) in [7, 11) is 0. The van der Waals surface area contributed by atoms with Crippen LogP contribution in [0.25, 0.3) is 6.08 Å². The third-order valence-electron chi connectivity index (χ3n) is 4.96. The fraction of sp³-hybridized carbons (Fsp3) is 0.240. The fourth-order valence-electron chi connectivity index (χ4n) is 3.29. The highest BCUT2D eigenvalue weighted by Crippen LogP contribution is 2.31. The average molecular weight is 493 g/mol. The van der Waals surface area contributed by atoms with E-state index in [0.29, 0.717) is 23.2 Å². The van der Waals surface area contributed by atoms with Crippen LogP contribution in [0.1, 0.15) is 32.4 Å². The van der Waals surface area contributed by atoms with E-state index in [2.05, 4.69) is 15.6 Å². The molecule has 2 amide bonds. The molecule has 0 unspecified atom stereocenters. The molecule has 10 heteroatoms. The number of carbonyl (C=O) groups is 2. The minimum absolute atomic E-state index is 0.0284. The van der Waals surface area contributed by atoms with Crippen LogP contribution in [-0.4, -0.2) is 34.6 Å². The van der Waals surface area contributed by atoms with E-state index in [1.165, 1.54) is 4.90 Å². The first kappa shape index (κ1) is 24.2. The number of hydrogen-bond acceptors (Lipinski definition) is 7. The van der Waals surface area contributed by atoms with Crippen LogP contribution in [0.2, 0.25) is 0 Å². The van der Waals surface area contributed by atoms with E-state index in [1.54, 1.807) is 17.0 Å². The predicted molar refractivity (Wildman–Crippen MR) is 135 cm³/mol. The van der Waals surface area contributed by atoms with Gasteiger partial charge in [-0.2, -0.15) is 0 Å². The minimum atomic E-state index is -0.302. The lowest BCUT2D eigenvalue weighted by Crippen LogP contribution is -2.37. The zero-order valence-electron chi connectivity index (χ0n) is 19.7. The molecule has 2 aromatic carbocycles. The van der Waals surface area contributed by atoms with Crippen LogP contribution in [0.15, 0.2) is 76.0 Å². The number of nitrogens with one attached hydrogen (secondary N) is 1. The van der Waals surface area contributed by atoms with Crippen molar-refractivity contribution in [2.24, 2.45) is 4.99 Å². The summed E-state index contributed by atoms with van der Waals surface area (Å²) in [4.78, 5) is 32.0. The SMILES string of the molecule is CCOc1ccccc1/C=C1/N=C(SCC(=O)Nc2c[n+](C(C)C)no2)N(c2ccccc2)C1=O. The van der Waals surface area contributed by atoms with Gasteiger partial charge in [0.15, 0.2) is 11.2 Å². The molecule has 1 aliphatic heterocycles. The van der Waals surface area contributed by atoms with Gasteiger partial charge in [-0.15, -0.1) is 0 Å². The maximum atomic E-state index is 13.4. The largest absolute Gasteiger partial charge is 0.493 e. The molecule has 0 fully saturated rings. The molecular formula is C25H26N5O4S+. The number of nitrogens with zero attached hydrogens (tertiary/aromatic N) is 4. The maximum absolute atomic E-state index is 13.4. The van der Waals surface area contributed by atoms with Crippen molar-refractivity contribution in [2.45, 2.75) is 26.8 Å². The Morgan fingerprint density at radius 1 is 1.20 bits per heavy atom. The van der Waals surface area contributed by atoms with Gasteiger partial charge in [-0.3, -0.25) is 24.3 Å². The van der Waals surface area contributed by atoms with Crippen LogP contribution in [0.4, 0.5) is 11.6 Å². The molecule has 1 N–H and O–H groups in total. The summed E-state index contributed by atoms with van der Waals surface area (Å²) in [5, 5.41) is 6.95. The highest BCUT2D eigenvalue weighted by Gasteiger charge is 2.32. The topological polar surface area (TPSA) is 101 Å². The van der Waals surface area contributed by atoms with Crippen molar-refractivity contribution < 1.29 is 23.5 Å². The molecule has 1 aliphatic rings. The van der Waals surface area contributed by atoms with Crippen LogP contribution in [0.5, 0.6) is 5.75 Å². The summed E-state index contributed by atoms with van der Waals surface area (Å²) in [6.45, 7) is 6.32. The third kappa shape index (κ3) is 5.78. The predicted octanol–water partition coefficient (Wildman–Crippen LogP) is 4.06. The molecule has 9 nitrogen and oxygen atoms in total. The van der Waals surface area contributed by atoms with Gasteiger partial charge >= 0.3 is 5.88 Å². The number of ether oxygens (including phenoxy) is 1. The van der Waals surface area contributed by atoms with Gasteiger partial charge in [0.25, 0.3) is 12.1 Å². The Morgan fingerprint density at radius 2 is 1.94 bits per heavy atom. The van der Waals surface area contributed by atoms with Crippen molar-refractivity contribution in [3.8, 4) is 5.75 Å². The van der Waals surface area contributed by atoms with Gasteiger partial charge in [0.05, 0.1) is 18.0 Å². The smallest absolute Gasteiger partial charge is 0.302 e. The second-order valence-electron chi connectivity index (χ2n) is 7.85. The van der Waals surface area contributed by atoms with Crippen molar-refractivity contribution in [1.29, 1.82) is 0 Å². The lowest BCUT2D eigenvalue weighted by molar-refractivity contribution is -0.779. The molecule has 2 heterocycles. The van der Waals surface area contributed by atoms with Crippen molar-refractivity contribution in [1.82, 2.24) is 5.27 Å². The van der Waals surface area contributed by atoms with Gasteiger partial charge in [0.1, 0.15) is 11.4 Å². The summed E-state index contributed by atoms with van der Waals surface area (Å²) in [6, 6.07) is 16.8. The summed E-state index contributed by atoms with van der Waals surface area (Å²) in [6.07, 6.45) is 3.33. The molecule has 3 aromatic rings. The fourth-order valence-corrected chi connectivity index (χ4v) is 4.11. The number of carbonyl (C=O) groups excluding carboxylic acids is 2. The molecule has 0 bridgehead atoms. The van der Waals surface area contributed by atoms with E-state index in [9.17, 15) is 9.59 Å². The maximum Gasteiger partial charge on any atom is 0.302 e. The van der Waals surface area contributed by atoms with Crippen LogP contribution >= 0.6 is 11.8 Å². The molecule has 0 saturated heterocycles. The number of aliphatic imine (C=N–C) groups is 1. The summed E-state index contributed by atoms with van der Waals surface area (Å²) in [5.74, 6) is 0.369. The number of aromatic nitrogens is 2. The van der Waals surface area contributed by atoms with Crippen molar-refractivity contribution >= 4 is 46.4 Å². The summed E-state index contributed by atoms with van der Waals surface area (Å²) < 4.78 is 12.4. The Balaban J connectivity index is 1.56. The van der Waals surface area contributed by atoms with Crippen molar-refractivity contribution in [2.75, 3.05) is 22.6 Å². The highest BCUT2D eigenvalue weighted by atomic mass is 32.2. The molecule has 0 saturated carbocycles. The minimum Gasteiger partial charge on any atom is -0.493 e. The van der Waals surface area contributed by atoms with Crippen LogP contribution in [-0.2, 0) is 9.59 Å². The quantitative estimate of drug-likeness (QED) is 0.376. The Morgan fingerprint density at radius 3 is 2.66 bits per heavy atom. The van der Waals surface area contributed by atoms with E-state index in [1.807, 2.05) is 75.4 Å². The number of thioether (sulfide) groups is 1. The molecular weight excluding hydrogens is 466 g/mol. The van der Waals surface area contributed by atoms with Gasteiger partial charge < -0.3 is 4.74 Å². The number of anilines is 2. The zero-order chi connectivity index (χ0) is 24.8. The van der Waals surface area contributed by atoms with Gasteiger partial charge in [0, 0.05) is 5.56 Å². The molecule has 180 valence electrons. The number of amidine groups is 1. The number of para-hydroxylation sites is 2. The lowest BCUT2D eigenvalue weighted by atomic mass is 10.1. The van der Waals surface area contributed by atoms with Crippen LogP contribution in [0, 0.1) is 0 Å².